The van der Waals surface area contributed by atoms with Gasteiger partial charge in [-0.05, 0) is 36.9 Å². The summed E-state index contributed by atoms with van der Waals surface area (Å²) in [4.78, 5) is 3.80. The van der Waals surface area contributed by atoms with Crippen LogP contribution in [0.1, 0.15) is 32.3 Å². The highest BCUT2D eigenvalue weighted by atomic mass is 19.1. The van der Waals surface area contributed by atoms with Gasteiger partial charge in [0.2, 0.25) is 0 Å². The van der Waals surface area contributed by atoms with Crippen LogP contribution < -0.4 is 5.32 Å². The van der Waals surface area contributed by atoms with E-state index in [2.05, 4.69) is 24.1 Å². The van der Waals surface area contributed by atoms with Gasteiger partial charge in [0.25, 0.3) is 0 Å². The summed E-state index contributed by atoms with van der Waals surface area (Å²) in [6.07, 6.45) is 5.32. The number of rotatable bonds is 6. The lowest BCUT2D eigenvalue weighted by atomic mass is 10.1. The average Bonchev–Trinajstić information content (AvgIpc) is 2.17. The molecule has 0 bridgehead atoms. The molecule has 84 valence electrons. The van der Waals surface area contributed by atoms with Crippen molar-refractivity contribution < 1.29 is 4.39 Å². The first-order chi connectivity index (χ1) is 7.18. The summed E-state index contributed by atoms with van der Waals surface area (Å²) in [5, 5.41) is 3.28. The number of nitrogens with one attached hydrogen (secondary N) is 1. The Hall–Kier alpha value is -0.960. The molecule has 2 nitrogen and oxygen atoms in total. The summed E-state index contributed by atoms with van der Waals surface area (Å²) in [5.41, 5.74) is 0.902. The molecule has 0 spiro atoms. The molecule has 1 aromatic heterocycles. The van der Waals surface area contributed by atoms with Crippen LogP contribution in [0.3, 0.4) is 0 Å². The number of hydrogen-bond acceptors (Lipinski definition) is 2. The molecular formula is C12H19FN2. The van der Waals surface area contributed by atoms with Crippen molar-refractivity contribution in [1.82, 2.24) is 10.3 Å². The van der Waals surface area contributed by atoms with Crippen molar-refractivity contribution >= 4 is 0 Å². The van der Waals surface area contributed by atoms with E-state index in [9.17, 15) is 4.39 Å². The van der Waals surface area contributed by atoms with Crippen LogP contribution in [-0.4, -0.2) is 11.5 Å². The molecule has 0 fully saturated rings. The second-order valence-corrected chi connectivity index (χ2v) is 4.22. The third-order valence-electron chi connectivity index (χ3n) is 2.23. The lowest BCUT2D eigenvalue weighted by Crippen LogP contribution is -2.15. The topological polar surface area (TPSA) is 24.9 Å². The van der Waals surface area contributed by atoms with Crippen LogP contribution in [0.4, 0.5) is 4.39 Å². The van der Waals surface area contributed by atoms with Crippen LogP contribution in [0.15, 0.2) is 18.5 Å². The van der Waals surface area contributed by atoms with Crippen LogP contribution in [0, 0.1) is 11.7 Å². The molecule has 0 unspecified atom stereocenters. The Bertz CT molecular complexity index is 287. The van der Waals surface area contributed by atoms with Crippen LogP contribution in [0.2, 0.25) is 0 Å². The standard InChI is InChI=1S/C12H19FN2/c1-10(2)4-3-5-14-7-11-6-12(13)9-15-8-11/h6,8-10,14H,3-5,7H2,1-2H3. The lowest BCUT2D eigenvalue weighted by molar-refractivity contribution is 0.526. The Morgan fingerprint density at radius 2 is 2.20 bits per heavy atom. The first-order valence-electron chi connectivity index (χ1n) is 5.48. The molecular weight excluding hydrogens is 191 g/mol. The van der Waals surface area contributed by atoms with Gasteiger partial charge in [0.15, 0.2) is 0 Å². The van der Waals surface area contributed by atoms with Crippen LogP contribution in [-0.2, 0) is 6.54 Å². The van der Waals surface area contributed by atoms with Gasteiger partial charge in [-0.2, -0.15) is 0 Å². The minimum atomic E-state index is -0.267. The molecule has 0 amide bonds. The monoisotopic (exact) mass is 210 g/mol. The van der Waals surface area contributed by atoms with Gasteiger partial charge in [0.05, 0.1) is 6.20 Å². The fourth-order valence-corrected chi connectivity index (χ4v) is 1.42. The Labute approximate surface area is 90.9 Å². The highest BCUT2D eigenvalue weighted by Gasteiger charge is 1.96. The lowest BCUT2D eigenvalue weighted by Gasteiger charge is -2.06. The fraction of sp³-hybridized carbons (Fsp3) is 0.583. The predicted octanol–water partition coefficient (Wildman–Crippen LogP) is 2.75. The van der Waals surface area contributed by atoms with E-state index in [-0.39, 0.29) is 5.82 Å². The van der Waals surface area contributed by atoms with Crippen LogP contribution >= 0.6 is 0 Å². The molecule has 0 saturated heterocycles. The molecule has 1 rings (SSSR count). The van der Waals surface area contributed by atoms with Gasteiger partial charge in [0.1, 0.15) is 5.82 Å². The van der Waals surface area contributed by atoms with E-state index in [0.717, 1.165) is 18.0 Å². The molecule has 0 atom stereocenters. The first-order valence-corrected chi connectivity index (χ1v) is 5.48. The largest absolute Gasteiger partial charge is 0.313 e. The number of nitrogens with zero attached hydrogens (tertiary/aromatic N) is 1. The number of pyridine rings is 1. The maximum atomic E-state index is 12.8. The van der Waals surface area contributed by atoms with Crippen molar-refractivity contribution in [2.24, 2.45) is 5.92 Å². The average molecular weight is 210 g/mol. The Balaban J connectivity index is 2.15. The second kappa shape index (κ2) is 6.51. The van der Waals surface area contributed by atoms with E-state index >= 15 is 0 Å². The normalized spacial score (nSPS) is 10.9. The zero-order chi connectivity index (χ0) is 11.1. The van der Waals surface area contributed by atoms with Gasteiger partial charge < -0.3 is 5.32 Å². The number of hydrogen-bond donors (Lipinski definition) is 1. The molecule has 1 heterocycles. The van der Waals surface area contributed by atoms with Crippen LogP contribution in [0.25, 0.3) is 0 Å². The van der Waals surface area contributed by atoms with E-state index in [4.69, 9.17) is 0 Å². The summed E-state index contributed by atoms with van der Waals surface area (Å²) >= 11 is 0. The van der Waals surface area contributed by atoms with Gasteiger partial charge >= 0.3 is 0 Å². The minimum Gasteiger partial charge on any atom is -0.313 e. The molecule has 0 aliphatic rings. The summed E-state index contributed by atoms with van der Waals surface area (Å²) in [7, 11) is 0. The summed E-state index contributed by atoms with van der Waals surface area (Å²) in [6, 6.07) is 1.52. The van der Waals surface area contributed by atoms with Crippen molar-refractivity contribution in [3.63, 3.8) is 0 Å². The maximum Gasteiger partial charge on any atom is 0.141 e. The highest BCUT2D eigenvalue weighted by molar-refractivity contribution is 5.09. The summed E-state index contributed by atoms with van der Waals surface area (Å²) in [6.45, 7) is 6.12. The molecule has 1 aromatic rings. The van der Waals surface area contributed by atoms with Gasteiger partial charge in [-0.1, -0.05) is 13.8 Å². The minimum absolute atomic E-state index is 0.267. The van der Waals surface area contributed by atoms with Gasteiger partial charge in [0, 0.05) is 12.7 Å². The van der Waals surface area contributed by atoms with Gasteiger partial charge in [-0.3, -0.25) is 4.98 Å². The smallest absolute Gasteiger partial charge is 0.141 e. The van der Waals surface area contributed by atoms with Gasteiger partial charge in [-0.15, -0.1) is 0 Å². The molecule has 0 aromatic carbocycles. The third kappa shape index (κ3) is 5.47. The fourth-order valence-electron chi connectivity index (χ4n) is 1.42. The maximum absolute atomic E-state index is 12.8. The number of halogens is 1. The van der Waals surface area contributed by atoms with Crippen molar-refractivity contribution in [1.29, 1.82) is 0 Å². The second-order valence-electron chi connectivity index (χ2n) is 4.22. The Morgan fingerprint density at radius 3 is 2.87 bits per heavy atom. The van der Waals surface area contributed by atoms with Crippen molar-refractivity contribution in [2.75, 3.05) is 6.54 Å². The zero-order valence-electron chi connectivity index (χ0n) is 9.46. The quantitative estimate of drug-likeness (QED) is 0.730. The predicted molar refractivity (Wildman–Crippen MR) is 60.0 cm³/mol. The zero-order valence-corrected chi connectivity index (χ0v) is 9.46. The van der Waals surface area contributed by atoms with Crippen LogP contribution in [0.5, 0.6) is 0 Å². The van der Waals surface area contributed by atoms with Crippen molar-refractivity contribution in [2.45, 2.75) is 33.2 Å². The molecule has 0 aliphatic heterocycles. The van der Waals surface area contributed by atoms with Crippen molar-refractivity contribution in [3.05, 3.63) is 29.8 Å². The van der Waals surface area contributed by atoms with Gasteiger partial charge in [-0.25, -0.2) is 4.39 Å². The first kappa shape index (κ1) is 12.1. The molecule has 3 heteroatoms. The molecule has 1 N–H and O–H groups in total. The SMILES string of the molecule is CC(C)CCCNCc1cncc(F)c1. The van der Waals surface area contributed by atoms with E-state index in [0.29, 0.717) is 6.54 Å². The third-order valence-corrected chi connectivity index (χ3v) is 2.23. The Morgan fingerprint density at radius 1 is 1.40 bits per heavy atom. The molecule has 0 saturated carbocycles. The highest BCUT2D eigenvalue weighted by Crippen LogP contribution is 2.03. The molecule has 15 heavy (non-hydrogen) atoms. The molecule has 0 radical (unpaired) electrons. The van der Waals surface area contributed by atoms with Crippen molar-refractivity contribution in [3.8, 4) is 0 Å². The van der Waals surface area contributed by atoms with E-state index < -0.39 is 0 Å². The summed E-state index contributed by atoms with van der Waals surface area (Å²) < 4.78 is 12.8. The number of aromatic nitrogens is 1. The van der Waals surface area contributed by atoms with E-state index in [1.807, 2.05) is 0 Å². The Kier molecular flexibility index (Phi) is 5.26. The summed E-state index contributed by atoms with van der Waals surface area (Å²) in [5.74, 6) is 0.485. The van der Waals surface area contributed by atoms with E-state index in [1.54, 1.807) is 6.20 Å². The molecule has 0 aliphatic carbocycles. The van der Waals surface area contributed by atoms with E-state index in [1.165, 1.54) is 25.1 Å².